The van der Waals surface area contributed by atoms with Crippen LogP contribution in [-0.4, -0.2) is 63.8 Å². The van der Waals surface area contributed by atoms with E-state index in [0.717, 1.165) is 54.8 Å². The van der Waals surface area contributed by atoms with E-state index >= 15 is 0 Å². The van der Waals surface area contributed by atoms with Gasteiger partial charge in [-0.2, -0.15) is 0 Å². The second-order valence-electron chi connectivity index (χ2n) is 15.0. The SMILES string of the molecule is CC(C)CCC[C@@H](C)[C@H]1CCC2C3CC=C4CC(O[C@H]5O[C@H](CO)[C@H](O)[C@@H](O)[C@H]5O)CC[C@]4(C)C3CC[C@@]21C. The average Bonchev–Trinajstić information content (AvgIpc) is 3.26. The van der Waals surface area contributed by atoms with Crippen molar-refractivity contribution in [2.24, 2.45) is 46.3 Å². The summed E-state index contributed by atoms with van der Waals surface area (Å²) in [4.78, 5) is 0. The van der Waals surface area contributed by atoms with Gasteiger partial charge in [-0.15, -0.1) is 0 Å². The fraction of sp³-hybridized carbons (Fsp3) is 0.939. The summed E-state index contributed by atoms with van der Waals surface area (Å²) in [5.74, 6) is 4.87. The molecule has 0 aromatic rings. The lowest BCUT2D eigenvalue weighted by Crippen LogP contribution is -2.60. The molecule has 0 bridgehead atoms. The molecule has 4 fully saturated rings. The largest absolute Gasteiger partial charge is 0.394 e. The van der Waals surface area contributed by atoms with E-state index in [9.17, 15) is 20.4 Å². The average molecular weight is 549 g/mol. The number of allylic oxidation sites excluding steroid dienone is 1. The Morgan fingerprint density at radius 3 is 2.44 bits per heavy atom. The zero-order valence-corrected chi connectivity index (χ0v) is 25.1. The number of hydrogen-bond donors (Lipinski definition) is 4. The first-order valence-electron chi connectivity index (χ1n) is 16.1. The molecule has 4 N–H and O–H groups in total. The quantitative estimate of drug-likeness (QED) is 0.311. The topological polar surface area (TPSA) is 99.4 Å². The molecule has 1 aliphatic heterocycles. The van der Waals surface area contributed by atoms with Crippen molar-refractivity contribution in [2.75, 3.05) is 6.61 Å². The summed E-state index contributed by atoms with van der Waals surface area (Å²) < 4.78 is 11.9. The van der Waals surface area contributed by atoms with Crippen molar-refractivity contribution in [1.29, 1.82) is 0 Å². The van der Waals surface area contributed by atoms with Crippen molar-refractivity contribution in [1.82, 2.24) is 0 Å². The number of hydrogen-bond acceptors (Lipinski definition) is 6. The van der Waals surface area contributed by atoms with Crippen LogP contribution < -0.4 is 0 Å². The normalized spacial score (nSPS) is 48.7. The van der Waals surface area contributed by atoms with Crippen LogP contribution in [0.2, 0.25) is 0 Å². The van der Waals surface area contributed by atoms with Crippen LogP contribution in [0.3, 0.4) is 0 Å². The number of aliphatic hydroxyl groups is 4. The minimum Gasteiger partial charge on any atom is -0.394 e. The third-order valence-electron chi connectivity index (χ3n) is 12.4. The molecule has 4 unspecified atom stereocenters. The summed E-state index contributed by atoms with van der Waals surface area (Å²) in [7, 11) is 0. The van der Waals surface area contributed by atoms with E-state index in [4.69, 9.17) is 9.47 Å². The minimum absolute atomic E-state index is 0.0984. The van der Waals surface area contributed by atoms with Gasteiger partial charge in [-0.3, -0.25) is 0 Å². The molecule has 224 valence electrons. The fourth-order valence-electron chi connectivity index (χ4n) is 10.1. The molecule has 0 radical (unpaired) electrons. The highest BCUT2D eigenvalue weighted by Gasteiger charge is 2.59. The molecular weight excluding hydrogens is 492 g/mol. The molecule has 6 nitrogen and oxygen atoms in total. The highest BCUT2D eigenvalue weighted by atomic mass is 16.7. The molecule has 0 spiro atoms. The van der Waals surface area contributed by atoms with Crippen molar-refractivity contribution in [2.45, 2.75) is 142 Å². The van der Waals surface area contributed by atoms with Gasteiger partial charge in [0.2, 0.25) is 0 Å². The first kappa shape index (κ1) is 30.0. The summed E-state index contributed by atoms with van der Waals surface area (Å²) in [6, 6.07) is 0. The Balaban J connectivity index is 1.24. The maximum Gasteiger partial charge on any atom is 0.186 e. The summed E-state index contributed by atoms with van der Waals surface area (Å²) >= 11 is 0. The molecule has 13 atom stereocenters. The van der Waals surface area contributed by atoms with Gasteiger partial charge >= 0.3 is 0 Å². The second kappa shape index (κ2) is 11.6. The van der Waals surface area contributed by atoms with Crippen LogP contribution in [0.15, 0.2) is 11.6 Å². The molecule has 0 aromatic carbocycles. The number of ether oxygens (including phenoxy) is 2. The lowest BCUT2D eigenvalue weighted by molar-refractivity contribution is -0.313. The first-order valence-corrected chi connectivity index (χ1v) is 16.1. The van der Waals surface area contributed by atoms with E-state index in [0.29, 0.717) is 5.41 Å². The van der Waals surface area contributed by atoms with Gasteiger partial charge in [0.1, 0.15) is 24.4 Å². The Morgan fingerprint density at radius 1 is 0.949 bits per heavy atom. The summed E-state index contributed by atoms with van der Waals surface area (Å²) in [5, 5.41) is 40.3. The van der Waals surface area contributed by atoms with Crippen molar-refractivity contribution >= 4 is 0 Å². The van der Waals surface area contributed by atoms with Gasteiger partial charge in [-0.25, -0.2) is 0 Å². The first-order chi connectivity index (χ1) is 18.5. The van der Waals surface area contributed by atoms with Gasteiger partial charge in [-0.05, 0) is 97.7 Å². The maximum absolute atomic E-state index is 10.5. The lowest BCUT2D eigenvalue weighted by Gasteiger charge is -2.58. The summed E-state index contributed by atoms with van der Waals surface area (Å²) in [6.45, 7) is 12.0. The number of fused-ring (bicyclic) bond motifs is 5. The molecular formula is C33H56O6. The molecule has 5 aliphatic rings. The standard InChI is InChI=1S/C33H56O6/c1-19(2)7-6-8-20(3)24-11-12-25-23-10-9-21-17-22(13-15-32(21,4)26(23)14-16-33(24,25)5)38-31-30(37)29(36)28(35)27(18-34)39-31/h9,19-20,22-31,34-37H,6-8,10-18H2,1-5H3/t20-,22?,23?,24-,25?,26?,27-,28+,29-,30-,31+,32+,33-/m1/s1. The Morgan fingerprint density at radius 2 is 1.72 bits per heavy atom. The van der Waals surface area contributed by atoms with Crippen LogP contribution >= 0.6 is 0 Å². The maximum atomic E-state index is 10.5. The Labute approximate surface area is 236 Å². The number of rotatable bonds is 8. The van der Waals surface area contributed by atoms with Crippen LogP contribution in [0, 0.1) is 46.3 Å². The van der Waals surface area contributed by atoms with E-state index in [1.54, 1.807) is 0 Å². The molecule has 4 aliphatic carbocycles. The van der Waals surface area contributed by atoms with Crippen LogP contribution in [0.5, 0.6) is 0 Å². The molecule has 1 saturated heterocycles. The molecule has 3 saturated carbocycles. The molecule has 5 rings (SSSR count). The van der Waals surface area contributed by atoms with Crippen molar-refractivity contribution < 1.29 is 29.9 Å². The van der Waals surface area contributed by atoms with Gasteiger partial charge < -0.3 is 29.9 Å². The zero-order valence-electron chi connectivity index (χ0n) is 25.1. The lowest BCUT2D eigenvalue weighted by atomic mass is 9.47. The monoisotopic (exact) mass is 548 g/mol. The van der Waals surface area contributed by atoms with Crippen LogP contribution in [0.4, 0.5) is 0 Å². The summed E-state index contributed by atoms with van der Waals surface area (Å²) in [6.07, 6.45) is 9.98. The Bertz CT molecular complexity index is 872. The second-order valence-corrected chi connectivity index (χ2v) is 15.0. The van der Waals surface area contributed by atoms with E-state index in [2.05, 4.69) is 40.7 Å². The van der Waals surface area contributed by atoms with Gasteiger partial charge in [0.25, 0.3) is 0 Å². The van der Waals surface area contributed by atoms with Gasteiger partial charge in [0.05, 0.1) is 12.7 Å². The third kappa shape index (κ3) is 5.41. The molecule has 1 heterocycles. The van der Waals surface area contributed by atoms with Gasteiger partial charge in [0.15, 0.2) is 6.29 Å². The predicted molar refractivity (Wildman–Crippen MR) is 152 cm³/mol. The predicted octanol–water partition coefficient (Wildman–Crippen LogP) is 5.21. The van der Waals surface area contributed by atoms with Gasteiger partial charge in [-0.1, -0.05) is 65.5 Å². The van der Waals surface area contributed by atoms with E-state index < -0.39 is 37.3 Å². The Kier molecular flexibility index (Phi) is 8.95. The molecule has 39 heavy (non-hydrogen) atoms. The van der Waals surface area contributed by atoms with Gasteiger partial charge in [0, 0.05) is 0 Å². The molecule has 0 aromatic heterocycles. The van der Waals surface area contributed by atoms with Crippen molar-refractivity contribution in [3.8, 4) is 0 Å². The molecule has 6 heteroatoms. The highest BCUT2D eigenvalue weighted by Crippen LogP contribution is 2.67. The third-order valence-corrected chi connectivity index (χ3v) is 12.4. The molecule has 0 amide bonds. The summed E-state index contributed by atoms with van der Waals surface area (Å²) in [5.41, 5.74) is 2.20. The van der Waals surface area contributed by atoms with E-state index in [-0.39, 0.29) is 11.5 Å². The minimum atomic E-state index is -1.39. The van der Waals surface area contributed by atoms with Crippen LogP contribution in [0.1, 0.15) is 105 Å². The van der Waals surface area contributed by atoms with Crippen LogP contribution in [-0.2, 0) is 9.47 Å². The van der Waals surface area contributed by atoms with E-state index in [1.165, 1.54) is 56.9 Å². The smallest absolute Gasteiger partial charge is 0.186 e. The fourth-order valence-corrected chi connectivity index (χ4v) is 10.1. The Hall–Kier alpha value is -0.500. The zero-order chi connectivity index (χ0) is 28.1. The van der Waals surface area contributed by atoms with Crippen molar-refractivity contribution in [3.05, 3.63) is 11.6 Å². The van der Waals surface area contributed by atoms with Crippen molar-refractivity contribution in [3.63, 3.8) is 0 Å². The highest BCUT2D eigenvalue weighted by molar-refractivity contribution is 5.25. The van der Waals surface area contributed by atoms with Crippen LogP contribution in [0.25, 0.3) is 0 Å². The van der Waals surface area contributed by atoms with E-state index in [1.807, 2.05) is 0 Å². The number of aliphatic hydroxyl groups excluding tert-OH is 4.